The van der Waals surface area contributed by atoms with Crippen LogP contribution in [0.5, 0.6) is 0 Å². The first-order chi connectivity index (χ1) is 26.0. The molecule has 0 N–H and O–H groups in total. The Morgan fingerprint density at radius 2 is 1.17 bits per heavy atom. The number of allylic oxidation sites excluding steroid dienone is 6. The summed E-state index contributed by atoms with van der Waals surface area (Å²) in [6.07, 6.45) is 9.87. The van der Waals surface area contributed by atoms with Gasteiger partial charge in [0.25, 0.3) is 0 Å². The monoisotopic (exact) mass is 680 g/mol. The van der Waals surface area contributed by atoms with Gasteiger partial charge in [0.15, 0.2) is 5.82 Å². The van der Waals surface area contributed by atoms with Crippen molar-refractivity contribution in [2.24, 2.45) is 11.8 Å². The SMILES string of the molecule is CC1(C)C2=CC3CCC=CC3C(c3ccc4ccccc4c3)=C2c2ccc(-c3ccc(-c4nc(-c5ccccc5)cc(-c5ccccc5)n4)cc3)cc21. The number of nitrogens with zero attached hydrogens (tertiary/aromatic N) is 2. The summed E-state index contributed by atoms with van der Waals surface area (Å²) in [5.41, 5.74) is 15.9. The molecule has 0 aliphatic heterocycles. The third-order valence-electron chi connectivity index (χ3n) is 11.8. The van der Waals surface area contributed by atoms with Crippen LogP contribution in [0.4, 0.5) is 0 Å². The van der Waals surface area contributed by atoms with Crippen LogP contribution in [0.3, 0.4) is 0 Å². The molecule has 3 aliphatic rings. The fourth-order valence-electron chi connectivity index (χ4n) is 8.97. The molecule has 6 aromatic carbocycles. The maximum absolute atomic E-state index is 5.06. The summed E-state index contributed by atoms with van der Waals surface area (Å²) in [4.78, 5) is 10.1. The first-order valence-corrected chi connectivity index (χ1v) is 18.9. The lowest BCUT2D eigenvalue weighted by Gasteiger charge is -2.36. The van der Waals surface area contributed by atoms with Crippen molar-refractivity contribution in [3.8, 4) is 45.0 Å². The van der Waals surface area contributed by atoms with E-state index in [0.717, 1.165) is 40.3 Å². The van der Waals surface area contributed by atoms with E-state index >= 15 is 0 Å². The van der Waals surface area contributed by atoms with Gasteiger partial charge in [-0.05, 0) is 92.3 Å². The third kappa shape index (κ3) is 5.40. The van der Waals surface area contributed by atoms with Crippen LogP contribution in [0.2, 0.25) is 0 Å². The van der Waals surface area contributed by atoms with Crippen LogP contribution in [-0.4, -0.2) is 9.97 Å². The van der Waals surface area contributed by atoms with E-state index in [1.165, 1.54) is 61.7 Å². The standard InChI is InChI=1S/C51H40N2/c1-51(2)44-30-39(34-21-24-37(25-22-34)50-52-46(35-14-5-3-6-15-35)32-47(53-50)36-16-7-4-8-17-36)27-28-43(44)49-45(51)31-40-19-11-12-20-42(40)48(49)41-26-23-33-13-9-10-18-38(33)29-41/h3-10,12-18,20-32,40,42H,11,19H2,1-2H3. The van der Waals surface area contributed by atoms with E-state index in [0.29, 0.717) is 11.8 Å². The molecule has 53 heavy (non-hydrogen) atoms. The van der Waals surface area contributed by atoms with Gasteiger partial charge in [-0.15, -0.1) is 0 Å². The lowest BCUT2D eigenvalue weighted by Crippen LogP contribution is -2.24. The fourth-order valence-corrected chi connectivity index (χ4v) is 8.97. The lowest BCUT2D eigenvalue weighted by atomic mass is 9.67. The Bertz CT molecular complexity index is 2570. The highest BCUT2D eigenvalue weighted by atomic mass is 14.9. The molecule has 0 saturated carbocycles. The molecular weight excluding hydrogens is 641 g/mol. The van der Waals surface area contributed by atoms with Crippen molar-refractivity contribution in [3.63, 3.8) is 0 Å². The van der Waals surface area contributed by atoms with Crippen molar-refractivity contribution in [2.75, 3.05) is 0 Å². The largest absolute Gasteiger partial charge is 0.228 e. The van der Waals surface area contributed by atoms with E-state index in [1.807, 2.05) is 12.1 Å². The van der Waals surface area contributed by atoms with Crippen molar-refractivity contribution in [2.45, 2.75) is 32.1 Å². The van der Waals surface area contributed by atoms with Gasteiger partial charge < -0.3 is 0 Å². The topological polar surface area (TPSA) is 25.8 Å². The van der Waals surface area contributed by atoms with Crippen molar-refractivity contribution >= 4 is 21.9 Å². The smallest absolute Gasteiger partial charge is 0.160 e. The third-order valence-corrected chi connectivity index (χ3v) is 11.8. The van der Waals surface area contributed by atoms with E-state index in [4.69, 9.17) is 9.97 Å². The summed E-state index contributed by atoms with van der Waals surface area (Å²) < 4.78 is 0. The first-order valence-electron chi connectivity index (χ1n) is 18.9. The number of hydrogen-bond donors (Lipinski definition) is 0. The molecule has 0 spiro atoms. The maximum atomic E-state index is 5.06. The molecule has 254 valence electrons. The van der Waals surface area contributed by atoms with Gasteiger partial charge in [-0.2, -0.15) is 0 Å². The average Bonchev–Trinajstić information content (AvgIpc) is 3.45. The van der Waals surface area contributed by atoms with Crippen molar-refractivity contribution in [1.82, 2.24) is 9.97 Å². The predicted octanol–water partition coefficient (Wildman–Crippen LogP) is 13.0. The van der Waals surface area contributed by atoms with Gasteiger partial charge >= 0.3 is 0 Å². The molecule has 10 rings (SSSR count). The zero-order chi connectivity index (χ0) is 35.5. The molecule has 2 nitrogen and oxygen atoms in total. The van der Waals surface area contributed by atoms with E-state index in [9.17, 15) is 0 Å². The zero-order valence-electron chi connectivity index (χ0n) is 30.1. The highest BCUT2D eigenvalue weighted by Gasteiger charge is 2.44. The predicted molar refractivity (Wildman–Crippen MR) is 221 cm³/mol. The van der Waals surface area contributed by atoms with Crippen LogP contribution in [0.1, 0.15) is 43.4 Å². The molecule has 1 aromatic heterocycles. The summed E-state index contributed by atoms with van der Waals surface area (Å²) in [6, 6.07) is 54.6. The van der Waals surface area contributed by atoms with E-state index in [2.05, 4.69) is 172 Å². The normalized spacial score (nSPS) is 18.3. The number of rotatable bonds is 5. The van der Waals surface area contributed by atoms with Crippen molar-refractivity contribution < 1.29 is 0 Å². The molecule has 0 fully saturated rings. The van der Waals surface area contributed by atoms with Gasteiger partial charge in [0, 0.05) is 28.0 Å². The first kappa shape index (κ1) is 31.6. The Hall–Kier alpha value is -6.12. The Kier molecular flexibility index (Phi) is 7.47. The highest BCUT2D eigenvalue weighted by Crippen LogP contribution is 2.59. The van der Waals surface area contributed by atoms with E-state index in [1.54, 1.807) is 0 Å². The number of hydrogen-bond acceptors (Lipinski definition) is 2. The Balaban J connectivity index is 1.06. The van der Waals surface area contributed by atoms with Crippen LogP contribution in [0.25, 0.3) is 66.9 Å². The van der Waals surface area contributed by atoms with Crippen LogP contribution in [0.15, 0.2) is 175 Å². The van der Waals surface area contributed by atoms with Crippen LogP contribution >= 0.6 is 0 Å². The van der Waals surface area contributed by atoms with Gasteiger partial charge in [-0.3, -0.25) is 0 Å². The molecule has 0 bridgehead atoms. The van der Waals surface area contributed by atoms with Gasteiger partial charge in [0.1, 0.15) is 0 Å². The minimum atomic E-state index is -0.103. The van der Waals surface area contributed by atoms with Crippen LogP contribution in [-0.2, 0) is 5.41 Å². The average molecular weight is 681 g/mol. The summed E-state index contributed by atoms with van der Waals surface area (Å²) in [7, 11) is 0. The maximum Gasteiger partial charge on any atom is 0.160 e. The Morgan fingerprint density at radius 3 is 1.89 bits per heavy atom. The molecule has 0 amide bonds. The molecule has 2 atom stereocenters. The molecule has 1 heterocycles. The van der Waals surface area contributed by atoms with Crippen LogP contribution < -0.4 is 0 Å². The summed E-state index contributed by atoms with van der Waals surface area (Å²) in [5, 5.41) is 2.59. The molecule has 2 unspecified atom stereocenters. The number of aromatic nitrogens is 2. The molecule has 0 radical (unpaired) electrons. The molecule has 0 saturated heterocycles. The second kappa shape index (κ2) is 12.5. The molecular formula is C51H40N2. The highest BCUT2D eigenvalue weighted by molar-refractivity contribution is 6.07. The second-order valence-electron chi connectivity index (χ2n) is 15.3. The van der Waals surface area contributed by atoms with Crippen LogP contribution in [0, 0.1) is 11.8 Å². The van der Waals surface area contributed by atoms with Gasteiger partial charge in [0.2, 0.25) is 0 Å². The minimum Gasteiger partial charge on any atom is -0.228 e. The molecule has 2 heteroatoms. The Morgan fingerprint density at radius 1 is 0.547 bits per heavy atom. The zero-order valence-corrected chi connectivity index (χ0v) is 30.1. The number of fused-ring (bicyclic) bond motifs is 5. The summed E-state index contributed by atoms with van der Waals surface area (Å²) in [6.45, 7) is 4.85. The fraction of sp³-hybridized carbons (Fsp3) is 0.137. The summed E-state index contributed by atoms with van der Waals surface area (Å²) >= 11 is 0. The van der Waals surface area contributed by atoms with Crippen molar-refractivity contribution in [1.29, 1.82) is 0 Å². The second-order valence-corrected chi connectivity index (χ2v) is 15.3. The van der Waals surface area contributed by atoms with Gasteiger partial charge in [-0.25, -0.2) is 9.97 Å². The molecule has 7 aromatic rings. The lowest BCUT2D eigenvalue weighted by molar-refractivity contribution is 0.493. The van der Waals surface area contributed by atoms with Crippen molar-refractivity contribution in [3.05, 3.63) is 192 Å². The summed E-state index contributed by atoms with van der Waals surface area (Å²) in [5.74, 6) is 1.64. The Labute approximate surface area is 311 Å². The van der Waals surface area contributed by atoms with Gasteiger partial charge in [-0.1, -0.05) is 166 Å². The number of benzene rings is 6. The van der Waals surface area contributed by atoms with Gasteiger partial charge in [0.05, 0.1) is 11.4 Å². The molecule has 3 aliphatic carbocycles. The van der Waals surface area contributed by atoms with E-state index < -0.39 is 0 Å². The van der Waals surface area contributed by atoms with E-state index in [-0.39, 0.29) is 5.41 Å². The quantitative estimate of drug-likeness (QED) is 0.169. The minimum absolute atomic E-state index is 0.103.